The van der Waals surface area contributed by atoms with Gasteiger partial charge in [-0.1, -0.05) is 6.07 Å². The third-order valence-corrected chi connectivity index (χ3v) is 1.66. The van der Waals surface area contributed by atoms with E-state index in [0.29, 0.717) is 5.76 Å². The molecular formula is C10H12O4. The van der Waals surface area contributed by atoms with Crippen molar-refractivity contribution in [3.05, 3.63) is 40.5 Å². The van der Waals surface area contributed by atoms with Gasteiger partial charge in [-0.2, -0.15) is 0 Å². The third kappa shape index (κ3) is 3.16. The van der Waals surface area contributed by atoms with E-state index in [0.717, 1.165) is 0 Å². The topological polar surface area (TPSA) is 70.7 Å². The average molecular weight is 196 g/mol. The van der Waals surface area contributed by atoms with Crippen LogP contribution >= 0.6 is 0 Å². The highest BCUT2D eigenvalue weighted by Gasteiger charge is 2.05. The molecule has 1 rings (SSSR count). The quantitative estimate of drug-likeness (QED) is 0.733. The lowest BCUT2D eigenvalue weighted by molar-refractivity contribution is 0.0623. The van der Waals surface area contributed by atoms with Gasteiger partial charge in [0.15, 0.2) is 0 Å². The van der Waals surface area contributed by atoms with Crippen LogP contribution in [0.3, 0.4) is 0 Å². The molecule has 0 aliphatic rings. The molecule has 0 spiro atoms. The van der Waals surface area contributed by atoms with Gasteiger partial charge in [0.2, 0.25) is 0 Å². The molecular weight excluding hydrogens is 184 g/mol. The summed E-state index contributed by atoms with van der Waals surface area (Å²) >= 11 is 0. The molecule has 0 radical (unpaired) electrons. The highest BCUT2D eigenvalue weighted by molar-refractivity contribution is 5.42. The molecule has 0 saturated heterocycles. The van der Waals surface area contributed by atoms with Crippen molar-refractivity contribution in [3.63, 3.8) is 0 Å². The summed E-state index contributed by atoms with van der Waals surface area (Å²) in [6.45, 7) is 1.47. The molecule has 0 bridgehead atoms. The summed E-state index contributed by atoms with van der Waals surface area (Å²) in [4.78, 5) is 10.8. The molecule has 0 aromatic carbocycles. The van der Waals surface area contributed by atoms with Gasteiger partial charge in [0.25, 0.3) is 0 Å². The van der Waals surface area contributed by atoms with E-state index in [9.17, 15) is 9.90 Å². The van der Waals surface area contributed by atoms with Gasteiger partial charge in [0.1, 0.15) is 5.76 Å². The van der Waals surface area contributed by atoms with Crippen LogP contribution < -0.4 is 5.63 Å². The zero-order valence-corrected chi connectivity index (χ0v) is 7.75. The Morgan fingerprint density at radius 1 is 1.43 bits per heavy atom. The Labute approximate surface area is 81.1 Å². The first-order valence-electron chi connectivity index (χ1n) is 4.24. The van der Waals surface area contributed by atoms with Gasteiger partial charge >= 0.3 is 5.63 Å². The second-order valence-electron chi connectivity index (χ2n) is 2.94. The molecule has 14 heavy (non-hydrogen) atoms. The fourth-order valence-corrected chi connectivity index (χ4v) is 0.850. The average Bonchev–Trinajstić information content (AvgIpc) is 2.14. The molecule has 76 valence electrons. The lowest BCUT2D eigenvalue weighted by Crippen LogP contribution is -2.19. The maximum atomic E-state index is 10.8. The van der Waals surface area contributed by atoms with Crippen LogP contribution in [-0.4, -0.2) is 22.4 Å². The predicted molar refractivity (Wildman–Crippen MR) is 51.7 cm³/mol. The molecule has 0 aliphatic heterocycles. The molecule has 0 fully saturated rings. The van der Waals surface area contributed by atoms with Crippen molar-refractivity contribution in [1.29, 1.82) is 0 Å². The van der Waals surface area contributed by atoms with Gasteiger partial charge in [-0.15, -0.1) is 0 Å². The molecule has 0 aliphatic carbocycles. The Bertz CT molecular complexity index is 364. The zero-order valence-electron chi connectivity index (χ0n) is 7.75. The van der Waals surface area contributed by atoms with E-state index in [1.54, 1.807) is 12.1 Å². The minimum atomic E-state index is -0.958. The fourth-order valence-electron chi connectivity index (χ4n) is 0.850. The van der Waals surface area contributed by atoms with Crippen molar-refractivity contribution in [2.24, 2.45) is 0 Å². The van der Waals surface area contributed by atoms with Crippen LogP contribution in [-0.2, 0) is 0 Å². The van der Waals surface area contributed by atoms with Gasteiger partial charge in [-0.3, -0.25) is 0 Å². The summed E-state index contributed by atoms with van der Waals surface area (Å²) in [5.74, 6) is 0.345. The maximum absolute atomic E-state index is 10.8. The van der Waals surface area contributed by atoms with Crippen molar-refractivity contribution >= 4 is 6.08 Å². The second kappa shape index (κ2) is 4.74. The Balaban J connectivity index is 2.73. The van der Waals surface area contributed by atoms with Crippen LogP contribution in [0.5, 0.6) is 0 Å². The van der Waals surface area contributed by atoms with Gasteiger partial charge in [0.05, 0.1) is 12.2 Å². The Morgan fingerprint density at radius 3 is 2.71 bits per heavy atom. The largest absolute Gasteiger partial charge is 0.423 e. The molecule has 1 aromatic rings. The monoisotopic (exact) mass is 196 g/mol. The molecule has 4 heteroatoms. The van der Waals surface area contributed by atoms with Crippen molar-refractivity contribution in [2.75, 3.05) is 0 Å². The Morgan fingerprint density at radius 2 is 2.14 bits per heavy atom. The summed E-state index contributed by atoms with van der Waals surface area (Å²) in [6.07, 6.45) is 1.00. The third-order valence-electron chi connectivity index (χ3n) is 1.66. The maximum Gasteiger partial charge on any atom is 0.336 e. The van der Waals surface area contributed by atoms with Crippen molar-refractivity contribution in [3.8, 4) is 0 Å². The van der Waals surface area contributed by atoms with Gasteiger partial charge in [0, 0.05) is 6.07 Å². The highest BCUT2D eigenvalue weighted by atomic mass is 16.4. The molecule has 1 aromatic heterocycles. The molecule has 4 nitrogen and oxygen atoms in total. The van der Waals surface area contributed by atoms with Gasteiger partial charge in [-0.05, 0) is 25.1 Å². The molecule has 0 unspecified atom stereocenters. The SMILES string of the molecule is C[C@@H](O)[C@@H](O)/C=C/c1cccc(=O)o1. The number of hydrogen-bond acceptors (Lipinski definition) is 4. The summed E-state index contributed by atoms with van der Waals surface area (Å²) in [6, 6.07) is 4.44. The van der Waals surface area contributed by atoms with E-state index in [2.05, 4.69) is 0 Å². The van der Waals surface area contributed by atoms with Gasteiger partial charge in [-0.25, -0.2) is 4.79 Å². The van der Waals surface area contributed by atoms with E-state index in [4.69, 9.17) is 9.52 Å². The number of aliphatic hydroxyl groups is 2. The van der Waals surface area contributed by atoms with Crippen LogP contribution in [0.2, 0.25) is 0 Å². The van der Waals surface area contributed by atoms with Crippen LogP contribution in [0.1, 0.15) is 12.7 Å². The minimum Gasteiger partial charge on any atom is -0.423 e. The highest BCUT2D eigenvalue weighted by Crippen LogP contribution is 2.01. The number of rotatable bonds is 3. The summed E-state index contributed by atoms with van der Waals surface area (Å²) < 4.78 is 4.77. The molecule has 1 heterocycles. The first-order chi connectivity index (χ1) is 6.59. The van der Waals surface area contributed by atoms with E-state index in [-0.39, 0.29) is 0 Å². The molecule has 0 amide bonds. The van der Waals surface area contributed by atoms with Crippen LogP contribution in [0.25, 0.3) is 6.08 Å². The number of hydrogen-bond donors (Lipinski definition) is 2. The molecule has 2 atom stereocenters. The van der Waals surface area contributed by atoms with Gasteiger partial charge < -0.3 is 14.6 Å². The first kappa shape index (κ1) is 10.7. The summed E-state index contributed by atoms with van der Waals surface area (Å²) in [7, 11) is 0. The van der Waals surface area contributed by atoms with Crippen molar-refractivity contribution in [2.45, 2.75) is 19.1 Å². The Hall–Kier alpha value is -1.39. The molecule has 2 N–H and O–H groups in total. The second-order valence-corrected chi connectivity index (χ2v) is 2.94. The van der Waals surface area contributed by atoms with Crippen molar-refractivity contribution < 1.29 is 14.6 Å². The summed E-state index contributed by atoms with van der Waals surface area (Å²) in [5.41, 5.74) is -0.446. The smallest absolute Gasteiger partial charge is 0.336 e. The standard InChI is InChI=1S/C10H12O4/c1-7(11)9(12)6-5-8-3-2-4-10(13)14-8/h2-7,9,11-12H,1H3/b6-5+/t7-,9+/m1/s1. The number of aliphatic hydroxyl groups excluding tert-OH is 2. The van der Waals surface area contributed by atoms with E-state index >= 15 is 0 Å². The lowest BCUT2D eigenvalue weighted by Gasteiger charge is -2.06. The zero-order chi connectivity index (χ0) is 10.6. The van der Waals surface area contributed by atoms with Crippen molar-refractivity contribution in [1.82, 2.24) is 0 Å². The lowest BCUT2D eigenvalue weighted by atomic mass is 10.2. The van der Waals surface area contributed by atoms with E-state index in [1.807, 2.05) is 0 Å². The van der Waals surface area contributed by atoms with Crippen LogP contribution in [0, 0.1) is 0 Å². The Kier molecular flexibility index (Phi) is 3.62. The minimum absolute atomic E-state index is 0.345. The predicted octanol–water partition coefficient (Wildman–Crippen LogP) is 0.395. The van der Waals surface area contributed by atoms with Crippen LogP contribution in [0.4, 0.5) is 0 Å². The van der Waals surface area contributed by atoms with E-state index < -0.39 is 17.8 Å². The molecule has 0 saturated carbocycles. The van der Waals surface area contributed by atoms with E-state index in [1.165, 1.54) is 25.1 Å². The van der Waals surface area contributed by atoms with Crippen LogP contribution in [0.15, 0.2) is 33.5 Å². The first-order valence-corrected chi connectivity index (χ1v) is 4.24. The summed E-state index contributed by atoms with van der Waals surface area (Å²) in [5, 5.41) is 18.2. The fraction of sp³-hybridized carbons (Fsp3) is 0.300. The normalized spacial score (nSPS) is 15.6.